The molecule has 1 aromatic carbocycles. The van der Waals surface area contributed by atoms with Crippen LogP contribution in [0.2, 0.25) is 5.02 Å². The predicted molar refractivity (Wildman–Crippen MR) is 97.4 cm³/mol. The summed E-state index contributed by atoms with van der Waals surface area (Å²) in [5.74, 6) is -1.59. The quantitative estimate of drug-likeness (QED) is 0.796. The summed E-state index contributed by atoms with van der Waals surface area (Å²) in [6.45, 7) is 2.00. The Bertz CT molecular complexity index is 1040. The summed E-state index contributed by atoms with van der Waals surface area (Å²) >= 11 is 5.78. The first-order valence-corrected chi connectivity index (χ1v) is 9.13. The molecule has 28 heavy (non-hydrogen) atoms. The van der Waals surface area contributed by atoms with Crippen LogP contribution in [0.15, 0.2) is 40.9 Å². The van der Waals surface area contributed by atoms with Crippen LogP contribution in [0.1, 0.15) is 5.76 Å². The highest BCUT2D eigenvalue weighted by atomic mass is 35.5. The molecule has 3 aliphatic rings. The molecule has 0 aliphatic carbocycles. The lowest BCUT2D eigenvalue weighted by Gasteiger charge is -2.23. The van der Waals surface area contributed by atoms with Gasteiger partial charge < -0.3 is 14.6 Å². The third-order valence-corrected chi connectivity index (χ3v) is 5.77. The lowest BCUT2D eigenvalue weighted by atomic mass is 9.77. The van der Waals surface area contributed by atoms with E-state index in [1.54, 1.807) is 13.0 Å². The Kier molecular flexibility index (Phi) is 3.66. The summed E-state index contributed by atoms with van der Waals surface area (Å²) in [6, 6.07) is 5.59. The van der Waals surface area contributed by atoms with Crippen LogP contribution < -0.4 is 10.2 Å². The molecule has 4 heterocycles. The summed E-state index contributed by atoms with van der Waals surface area (Å²) in [5.41, 5.74) is -0.511. The van der Waals surface area contributed by atoms with E-state index in [-0.39, 0.29) is 23.4 Å². The predicted octanol–water partition coefficient (Wildman–Crippen LogP) is 2.70. The lowest BCUT2D eigenvalue weighted by Crippen LogP contribution is -2.41. The van der Waals surface area contributed by atoms with Gasteiger partial charge in [0.15, 0.2) is 5.82 Å². The third-order valence-electron chi connectivity index (χ3n) is 5.48. The summed E-state index contributed by atoms with van der Waals surface area (Å²) in [4.78, 5) is 27.6. The zero-order valence-electron chi connectivity index (χ0n) is 14.7. The first kappa shape index (κ1) is 17.4. The summed E-state index contributed by atoms with van der Waals surface area (Å²) < 4.78 is 24.5. The number of rotatable bonds is 3. The van der Waals surface area contributed by atoms with Crippen LogP contribution >= 0.6 is 11.6 Å². The molecule has 7 nitrogen and oxygen atoms in total. The molecule has 0 saturated carbocycles. The van der Waals surface area contributed by atoms with E-state index in [1.807, 2.05) is 12.2 Å². The van der Waals surface area contributed by atoms with Gasteiger partial charge in [-0.2, -0.15) is 0 Å². The highest BCUT2D eigenvalue weighted by Gasteiger charge is 2.67. The number of aromatic nitrogens is 1. The fourth-order valence-electron chi connectivity index (χ4n) is 4.27. The summed E-state index contributed by atoms with van der Waals surface area (Å²) in [7, 11) is 0. The minimum Gasteiger partial charge on any atom is -0.360 e. The van der Waals surface area contributed by atoms with Gasteiger partial charge in [-0.1, -0.05) is 28.9 Å². The fourth-order valence-corrected chi connectivity index (χ4v) is 4.45. The molecule has 1 aromatic heterocycles. The van der Waals surface area contributed by atoms with E-state index in [9.17, 15) is 14.0 Å². The fraction of sp³-hybridized carbons (Fsp3) is 0.316. The highest BCUT2D eigenvalue weighted by molar-refractivity contribution is 6.31. The molecule has 144 valence electrons. The van der Waals surface area contributed by atoms with E-state index in [1.165, 1.54) is 23.1 Å². The Balaban J connectivity index is 1.43. The number of ether oxygens (including phenoxy) is 1. The van der Waals surface area contributed by atoms with Crippen molar-refractivity contribution in [2.75, 3.05) is 16.8 Å². The molecule has 1 N–H and O–H groups in total. The maximum Gasteiger partial charge on any atom is 0.235 e. The molecule has 1 spiro atoms. The van der Waals surface area contributed by atoms with Gasteiger partial charge in [-0.25, -0.2) is 4.39 Å². The van der Waals surface area contributed by atoms with Crippen molar-refractivity contribution in [1.82, 2.24) is 5.16 Å². The molecular formula is C19H15ClFN3O4. The van der Waals surface area contributed by atoms with Gasteiger partial charge in [0, 0.05) is 11.8 Å². The number of fused-ring (bicyclic) bond motifs is 1. The van der Waals surface area contributed by atoms with E-state index in [0.717, 1.165) is 0 Å². The van der Waals surface area contributed by atoms with Crippen molar-refractivity contribution in [3.05, 3.63) is 53.0 Å². The summed E-state index contributed by atoms with van der Waals surface area (Å²) in [5, 5.41) is 6.53. The topological polar surface area (TPSA) is 84.7 Å². The molecule has 2 amide bonds. The second-order valence-corrected chi connectivity index (χ2v) is 7.65. The number of hydrogen-bond donors (Lipinski definition) is 1. The molecule has 2 bridgehead atoms. The van der Waals surface area contributed by atoms with E-state index < -0.39 is 29.4 Å². The van der Waals surface area contributed by atoms with Crippen molar-refractivity contribution in [2.24, 2.45) is 11.8 Å². The Hall–Kier alpha value is -2.71. The molecular weight excluding hydrogens is 389 g/mol. The first-order valence-electron chi connectivity index (χ1n) is 8.76. The van der Waals surface area contributed by atoms with Crippen LogP contribution in [-0.4, -0.2) is 35.2 Å². The van der Waals surface area contributed by atoms with Gasteiger partial charge in [0.05, 0.1) is 29.5 Å². The van der Waals surface area contributed by atoms with Crippen LogP contribution in [0.4, 0.5) is 15.9 Å². The van der Waals surface area contributed by atoms with Gasteiger partial charge in [0.1, 0.15) is 17.2 Å². The molecule has 3 aliphatic heterocycles. The second-order valence-electron chi connectivity index (χ2n) is 7.24. The van der Waals surface area contributed by atoms with Crippen LogP contribution in [0.25, 0.3) is 0 Å². The van der Waals surface area contributed by atoms with Crippen molar-refractivity contribution in [1.29, 1.82) is 0 Å². The Morgan fingerprint density at radius 3 is 2.96 bits per heavy atom. The third kappa shape index (κ3) is 2.41. The lowest BCUT2D eigenvalue weighted by molar-refractivity contribution is -0.128. The Morgan fingerprint density at radius 2 is 2.25 bits per heavy atom. The van der Waals surface area contributed by atoms with Gasteiger partial charge in [0.2, 0.25) is 11.8 Å². The summed E-state index contributed by atoms with van der Waals surface area (Å²) in [6.07, 6.45) is 3.17. The van der Waals surface area contributed by atoms with Crippen molar-refractivity contribution in [2.45, 2.75) is 18.6 Å². The van der Waals surface area contributed by atoms with Gasteiger partial charge in [-0.3, -0.25) is 14.5 Å². The molecule has 5 rings (SSSR count). The Labute approximate surface area is 164 Å². The molecule has 0 radical (unpaired) electrons. The van der Waals surface area contributed by atoms with Crippen LogP contribution in [0.3, 0.4) is 0 Å². The molecule has 9 heteroatoms. The average Bonchev–Trinajstić information content (AvgIpc) is 3.39. The van der Waals surface area contributed by atoms with Gasteiger partial charge in [-0.15, -0.1) is 0 Å². The maximum absolute atomic E-state index is 13.4. The van der Waals surface area contributed by atoms with Gasteiger partial charge in [-0.05, 0) is 25.1 Å². The molecule has 2 aromatic rings. The maximum atomic E-state index is 13.4. The monoisotopic (exact) mass is 403 g/mol. The zero-order valence-corrected chi connectivity index (χ0v) is 15.4. The number of benzene rings is 1. The SMILES string of the molecule is Cc1cc(N2C[C@@]34C=C[C@@H](O3)[C@@H](C(=O)Nc3ccc(F)c(Cl)c3)[C@@H]4C2=O)no1. The van der Waals surface area contributed by atoms with Crippen LogP contribution in [0, 0.1) is 24.6 Å². The standard InChI is InChI=1S/C19H15ClFN3O4/c1-9-6-14(23-28-9)24-8-19-5-4-13(27-19)15(16(19)18(24)26)17(25)22-10-2-3-12(21)11(20)7-10/h2-7,13,15-16H,8H2,1H3,(H,22,25)/t13-,15-,16-,19-/m1/s1. The normalized spacial score (nSPS) is 30.2. The first-order chi connectivity index (χ1) is 13.4. The van der Waals surface area contributed by atoms with Gasteiger partial charge >= 0.3 is 0 Å². The number of carbonyl (C=O) groups is 2. The molecule has 0 unspecified atom stereocenters. The number of anilines is 2. The molecule has 4 atom stereocenters. The van der Waals surface area contributed by atoms with Crippen LogP contribution in [0.5, 0.6) is 0 Å². The number of hydrogen-bond acceptors (Lipinski definition) is 5. The average molecular weight is 404 g/mol. The van der Waals surface area contributed by atoms with Crippen molar-refractivity contribution >= 4 is 34.9 Å². The number of nitrogens with zero attached hydrogens (tertiary/aromatic N) is 2. The number of halogens is 2. The number of aryl methyl sites for hydroxylation is 1. The molecule has 2 saturated heterocycles. The minimum absolute atomic E-state index is 0.0946. The largest absolute Gasteiger partial charge is 0.360 e. The van der Waals surface area contributed by atoms with E-state index in [4.69, 9.17) is 20.9 Å². The van der Waals surface area contributed by atoms with Crippen molar-refractivity contribution in [3.63, 3.8) is 0 Å². The smallest absolute Gasteiger partial charge is 0.235 e. The van der Waals surface area contributed by atoms with E-state index in [0.29, 0.717) is 17.3 Å². The highest BCUT2D eigenvalue weighted by Crippen LogP contribution is 2.52. The number of amides is 2. The number of carbonyl (C=O) groups excluding carboxylic acids is 2. The number of nitrogens with one attached hydrogen (secondary N) is 1. The van der Waals surface area contributed by atoms with Crippen LogP contribution in [-0.2, 0) is 14.3 Å². The second kappa shape index (κ2) is 5.89. The van der Waals surface area contributed by atoms with E-state index >= 15 is 0 Å². The zero-order chi connectivity index (χ0) is 19.6. The minimum atomic E-state index is -0.864. The van der Waals surface area contributed by atoms with Crippen molar-refractivity contribution < 1.29 is 23.2 Å². The van der Waals surface area contributed by atoms with Gasteiger partial charge in [0.25, 0.3) is 0 Å². The molecule has 2 fully saturated rings. The van der Waals surface area contributed by atoms with E-state index in [2.05, 4.69) is 10.5 Å². The van der Waals surface area contributed by atoms with Crippen molar-refractivity contribution in [3.8, 4) is 0 Å². The Morgan fingerprint density at radius 1 is 1.43 bits per heavy atom.